The van der Waals surface area contributed by atoms with E-state index < -0.39 is 0 Å². The third-order valence-electron chi connectivity index (χ3n) is 2.67. The standard InChI is InChI=1S/C16H28O2/c1-8-9-16(14(6)17-10-12(2)3)15(7)18-11-13(4)5/h14-15H,1-2,4,8-11H2,3,5-7H3. The van der Waals surface area contributed by atoms with Crippen molar-refractivity contribution in [2.75, 3.05) is 13.2 Å². The van der Waals surface area contributed by atoms with Gasteiger partial charge in [-0.15, -0.1) is 0 Å². The van der Waals surface area contributed by atoms with Gasteiger partial charge in [0.25, 0.3) is 0 Å². The van der Waals surface area contributed by atoms with E-state index in [2.05, 4.69) is 33.9 Å². The van der Waals surface area contributed by atoms with Gasteiger partial charge in [0, 0.05) is 5.92 Å². The Morgan fingerprint density at radius 1 is 0.944 bits per heavy atom. The molecule has 0 aliphatic rings. The summed E-state index contributed by atoms with van der Waals surface area (Å²) in [4.78, 5) is 0. The molecule has 0 heterocycles. The van der Waals surface area contributed by atoms with Gasteiger partial charge in [0.1, 0.15) is 0 Å². The lowest BCUT2D eigenvalue weighted by atomic mass is 9.92. The third kappa shape index (κ3) is 7.67. The molecule has 0 fully saturated rings. The zero-order valence-electron chi connectivity index (χ0n) is 12.4. The van der Waals surface area contributed by atoms with Gasteiger partial charge in [-0.05, 0) is 34.1 Å². The molecule has 0 bridgehead atoms. The molecule has 2 nitrogen and oxygen atoms in total. The van der Waals surface area contributed by atoms with E-state index in [0.717, 1.165) is 24.0 Å². The first-order valence-corrected chi connectivity index (χ1v) is 6.55. The second kappa shape index (κ2) is 9.35. The Morgan fingerprint density at radius 2 is 1.33 bits per heavy atom. The van der Waals surface area contributed by atoms with Crippen LogP contribution in [-0.4, -0.2) is 25.4 Å². The summed E-state index contributed by atoms with van der Waals surface area (Å²) in [7, 11) is 0. The molecule has 0 aliphatic heterocycles. The normalized spacial score (nSPS) is 14.6. The van der Waals surface area contributed by atoms with Crippen LogP contribution in [-0.2, 0) is 9.47 Å². The fourth-order valence-electron chi connectivity index (χ4n) is 1.69. The van der Waals surface area contributed by atoms with Crippen LogP contribution >= 0.6 is 0 Å². The topological polar surface area (TPSA) is 18.5 Å². The first-order chi connectivity index (χ1) is 8.38. The lowest BCUT2D eigenvalue weighted by molar-refractivity contribution is 0.0279. The van der Waals surface area contributed by atoms with Gasteiger partial charge in [0.05, 0.1) is 25.4 Å². The predicted octanol–water partition coefficient (Wildman–Crippen LogP) is 4.14. The van der Waals surface area contributed by atoms with E-state index in [9.17, 15) is 0 Å². The molecule has 0 rings (SSSR count). The minimum atomic E-state index is 0.0728. The zero-order valence-corrected chi connectivity index (χ0v) is 12.4. The molecule has 0 N–H and O–H groups in total. The largest absolute Gasteiger partial charge is 0.373 e. The lowest BCUT2D eigenvalue weighted by Gasteiger charge is -2.29. The first kappa shape index (κ1) is 17.4. The molecule has 0 saturated carbocycles. The van der Waals surface area contributed by atoms with Crippen LogP contribution in [0.2, 0.25) is 0 Å². The molecule has 18 heavy (non-hydrogen) atoms. The van der Waals surface area contributed by atoms with Gasteiger partial charge < -0.3 is 9.47 Å². The maximum Gasteiger partial charge on any atom is 0.0675 e. The summed E-state index contributed by atoms with van der Waals surface area (Å²) in [6, 6.07) is 0. The molecule has 0 saturated heterocycles. The highest BCUT2D eigenvalue weighted by molar-refractivity contribution is 5.03. The molecule has 0 aromatic heterocycles. The van der Waals surface area contributed by atoms with Crippen LogP contribution < -0.4 is 0 Å². The lowest BCUT2D eigenvalue weighted by Crippen LogP contribution is -2.30. The maximum atomic E-state index is 5.78. The Morgan fingerprint density at radius 3 is 1.61 bits per heavy atom. The van der Waals surface area contributed by atoms with Crippen molar-refractivity contribution in [3.05, 3.63) is 37.1 Å². The molecule has 104 valence electrons. The second-order valence-corrected chi connectivity index (χ2v) is 5.00. The number of rotatable bonds is 10. The maximum absolute atomic E-state index is 5.78. The van der Waals surface area contributed by atoms with Gasteiger partial charge in [-0.25, -0.2) is 0 Å². The van der Waals surface area contributed by atoms with Crippen LogP contribution in [0.15, 0.2) is 24.3 Å². The molecule has 0 aromatic carbocycles. The Bertz CT molecular complexity index is 234. The monoisotopic (exact) mass is 252 g/mol. The highest BCUT2D eigenvalue weighted by Crippen LogP contribution is 2.24. The van der Waals surface area contributed by atoms with Crippen LogP contribution in [0, 0.1) is 12.8 Å². The highest BCUT2D eigenvalue weighted by atomic mass is 16.5. The van der Waals surface area contributed by atoms with E-state index in [4.69, 9.17) is 9.47 Å². The van der Waals surface area contributed by atoms with Crippen LogP contribution in [0.4, 0.5) is 0 Å². The van der Waals surface area contributed by atoms with Crippen LogP contribution in [0.3, 0.4) is 0 Å². The molecular weight excluding hydrogens is 224 g/mol. The highest BCUT2D eigenvalue weighted by Gasteiger charge is 2.25. The predicted molar refractivity (Wildman–Crippen MR) is 78.3 cm³/mol. The van der Waals surface area contributed by atoms with Crippen molar-refractivity contribution in [2.45, 2.75) is 52.7 Å². The number of hydrogen-bond donors (Lipinski definition) is 0. The Labute approximate surface area is 113 Å². The summed E-state index contributed by atoms with van der Waals surface area (Å²) in [5.41, 5.74) is 2.07. The average molecular weight is 252 g/mol. The Balaban J connectivity index is 4.32. The van der Waals surface area contributed by atoms with Crippen LogP contribution in [0.1, 0.15) is 40.5 Å². The van der Waals surface area contributed by atoms with E-state index in [1.165, 1.54) is 5.92 Å². The van der Waals surface area contributed by atoms with E-state index in [1.54, 1.807) is 0 Å². The number of ether oxygens (including phenoxy) is 2. The SMILES string of the molecule is [CH2]CC[C](C(C)OCC(=C)C)C(C)OCC(=C)C. The van der Waals surface area contributed by atoms with E-state index in [0.29, 0.717) is 13.2 Å². The molecule has 2 heteroatoms. The summed E-state index contributed by atoms with van der Waals surface area (Å²) < 4.78 is 11.6. The fourth-order valence-corrected chi connectivity index (χ4v) is 1.69. The van der Waals surface area contributed by atoms with Gasteiger partial charge in [-0.3, -0.25) is 0 Å². The van der Waals surface area contributed by atoms with Crippen LogP contribution in [0.25, 0.3) is 0 Å². The van der Waals surface area contributed by atoms with Gasteiger partial charge in [0.2, 0.25) is 0 Å². The van der Waals surface area contributed by atoms with Crippen molar-refractivity contribution < 1.29 is 9.47 Å². The second-order valence-electron chi connectivity index (χ2n) is 5.00. The molecular formula is C16H28O2. The van der Waals surface area contributed by atoms with Crippen molar-refractivity contribution in [1.29, 1.82) is 0 Å². The Hall–Kier alpha value is -0.600. The molecule has 2 atom stereocenters. The molecule has 0 amide bonds. The third-order valence-corrected chi connectivity index (χ3v) is 2.67. The summed E-state index contributed by atoms with van der Waals surface area (Å²) in [6.07, 6.45) is 1.93. The number of hydrogen-bond acceptors (Lipinski definition) is 2. The molecule has 0 spiro atoms. The Kier molecular flexibility index (Phi) is 9.03. The van der Waals surface area contributed by atoms with Gasteiger partial charge in [0.15, 0.2) is 0 Å². The zero-order chi connectivity index (χ0) is 14.1. The van der Waals surface area contributed by atoms with E-state index in [-0.39, 0.29) is 12.2 Å². The fraction of sp³-hybridized carbons (Fsp3) is 0.625. The minimum absolute atomic E-state index is 0.0728. The average Bonchev–Trinajstić information content (AvgIpc) is 2.29. The quantitative estimate of drug-likeness (QED) is 0.544. The molecule has 2 radical (unpaired) electrons. The van der Waals surface area contributed by atoms with Crippen molar-refractivity contribution in [1.82, 2.24) is 0 Å². The van der Waals surface area contributed by atoms with E-state index >= 15 is 0 Å². The van der Waals surface area contributed by atoms with Crippen molar-refractivity contribution in [3.63, 3.8) is 0 Å². The summed E-state index contributed by atoms with van der Waals surface area (Å²) in [5.74, 6) is 1.26. The molecule has 0 aromatic rings. The van der Waals surface area contributed by atoms with Crippen molar-refractivity contribution in [2.24, 2.45) is 0 Å². The first-order valence-electron chi connectivity index (χ1n) is 6.55. The van der Waals surface area contributed by atoms with Gasteiger partial charge in [-0.2, -0.15) is 0 Å². The summed E-state index contributed by atoms with van der Waals surface area (Å²) in [6.45, 7) is 20.9. The van der Waals surface area contributed by atoms with Crippen LogP contribution in [0.5, 0.6) is 0 Å². The van der Waals surface area contributed by atoms with Crippen molar-refractivity contribution >= 4 is 0 Å². The van der Waals surface area contributed by atoms with E-state index in [1.807, 2.05) is 13.8 Å². The van der Waals surface area contributed by atoms with Gasteiger partial charge in [-0.1, -0.05) is 37.6 Å². The minimum Gasteiger partial charge on any atom is -0.373 e. The smallest absolute Gasteiger partial charge is 0.0675 e. The molecule has 2 unspecified atom stereocenters. The van der Waals surface area contributed by atoms with Crippen molar-refractivity contribution in [3.8, 4) is 0 Å². The van der Waals surface area contributed by atoms with Gasteiger partial charge >= 0.3 is 0 Å². The molecule has 0 aliphatic carbocycles. The summed E-state index contributed by atoms with van der Waals surface area (Å²) >= 11 is 0. The summed E-state index contributed by atoms with van der Waals surface area (Å²) in [5, 5.41) is 0.